The van der Waals surface area contributed by atoms with Crippen molar-refractivity contribution in [3.63, 3.8) is 0 Å². The van der Waals surface area contributed by atoms with Crippen molar-refractivity contribution in [3.05, 3.63) is 39.9 Å². The SMILES string of the molecule is CC(C)(C)OC(=O)NCCC=Cc1ccc(Br)c(C(=O)O)c1. The van der Waals surface area contributed by atoms with Crippen LogP contribution in [0.4, 0.5) is 4.79 Å². The van der Waals surface area contributed by atoms with Gasteiger partial charge in [0.1, 0.15) is 5.60 Å². The molecule has 0 aliphatic heterocycles. The zero-order chi connectivity index (χ0) is 16.8. The first-order chi connectivity index (χ1) is 10.2. The Morgan fingerprint density at radius 3 is 2.64 bits per heavy atom. The Balaban J connectivity index is 2.45. The molecule has 0 atom stereocenters. The number of amides is 1. The second kappa shape index (κ2) is 7.98. The Hall–Kier alpha value is -1.82. The van der Waals surface area contributed by atoms with Crippen molar-refractivity contribution in [3.8, 4) is 0 Å². The summed E-state index contributed by atoms with van der Waals surface area (Å²) in [4.78, 5) is 22.4. The zero-order valence-corrected chi connectivity index (χ0v) is 14.4. The highest BCUT2D eigenvalue weighted by Crippen LogP contribution is 2.19. The molecule has 0 fully saturated rings. The molecule has 5 nitrogen and oxygen atoms in total. The Labute approximate surface area is 138 Å². The van der Waals surface area contributed by atoms with Crippen LogP contribution in [0.3, 0.4) is 0 Å². The predicted molar refractivity (Wildman–Crippen MR) is 89.0 cm³/mol. The molecule has 6 heteroatoms. The van der Waals surface area contributed by atoms with E-state index in [2.05, 4.69) is 21.2 Å². The molecule has 0 radical (unpaired) electrons. The first kappa shape index (κ1) is 18.2. The lowest BCUT2D eigenvalue weighted by Gasteiger charge is -2.19. The molecule has 0 aliphatic carbocycles. The Morgan fingerprint density at radius 2 is 2.05 bits per heavy atom. The lowest BCUT2D eigenvalue weighted by atomic mass is 10.1. The number of hydrogen-bond acceptors (Lipinski definition) is 3. The summed E-state index contributed by atoms with van der Waals surface area (Å²) in [5.74, 6) is -0.978. The van der Waals surface area contributed by atoms with Gasteiger partial charge in [-0.15, -0.1) is 0 Å². The van der Waals surface area contributed by atoms with Crippen molar-refractivity contribution in [2.45, 2.75) is 32.8 Å². The molecular weight excluding hydrogens is 350 g/mol. The van der Waals surface area contributed by atoms with Gasteiger partial charge in [-0.05, 0) is 60.8 Å². The highest BCUT2D eigenvalue weighted by Gasteiger charge is 2.15. The van der Waals surface area contributed by atoms with Crippen LogP contribution >= 0.6 is 15.9 Å². The van der Waals surface area contributed by atoms with Crippen LogP contribution in [0.2, 0.25) is 0 Å². The monoisotopic (exact) mass is 369 g/mol. The highest BCUT2D eigenvalue weighted by molar-refractivity contribution is 9.10. The highest BCUT2D eigenvalue weighted by atomic mass is 79.9. The third kappa shape index (κ3) is 6.76. The van der Waals surface area contributed by atoms with E-state index < -0.39 is 17.7 Å². The van der Waals surface area contributed by atoms with Crippen LogP contribution in [0, 0.1) is 0 Å². The van der Waals surface area contributed by atoms with Crippen LogP contribution in [0.1, 0.15) is 43.1 Å². The quantitative estimate of drug-likeness (QED) is 0.766. The first-order valence-corrected chi connectivity index (χ1v) is 7.64. The molecule has 0 spiro atoms. The van der Waals surface area contributed by atoms with Crippen molar-refractivity contribution in [2.24, 2.45) is 0 Å². The van der Waals surface area contributed by atoms with E-state index in [-0.39, 0.29) is 5.56 Å². The topological polar surface area (TPSA) is 75.6 Å². The molecule has 120 valence electrons. The lowest BCUT2D eigenvalue weighted by Crippen LogP contribution is -2.32. The number of hydrogen-bond donors (Lipinski definition) is 2. The van der Waals surface area contributed by atoms with Crippen molar-refractivity contribution >= 4 is 34.1 Å². The predicted octanol–water partition coefficient (Wildman–Crippen LogP) is 4.08. The number of carboxylic acids is 1. The van der Waals surface area contributed by atoms with Gasteiger partial charge in [0.15, 0.2) is 0 Å². The number of aromatic carboxylic acids is 1. The van der Waals surface area contributed by atoms with E-state index >= 15 is 0 Å². The summed E-state index contributed by atoms with van der Waals surface area (Å²) in [6, 6.07) is 5.10. The van der Waals surface area contributed by atoms with Gasteiger partial charge >= 0.3 is 12.1 Å². The summed E-state index contributed by atoms with van der Waals surface area (Å²) < 4.78 is 5.66. The van der Waals surface area contributed by atoms with Crippen LogP contribution in [-0.2, 0) is 4.74 Å². The number of halogens is 1. The van der Waals surface area contributed by atoms with Gasteiger partial charge in [-0.25, -0.2) is 9.59 Å². The lowest BCUT2D eigenvalue weighted by molar-refractivity contribution is 0.0528. The summed E-state index contributed by atoms with van der Waals surface area (Å²) >= 11 is 3.20. The summed E-state index contributed by atoms with van der Waals surface area (Å²) in [6.45, 7) is 5.87. The maximum atomic E-state index is 11.4. The fraction of sp³-hybridized carbons (Fsp3) is 0.375. The van der Waals surface area contributed by atoms with E-state index in [1.165, 1.54) is 0 Å². The van der Waals surface area contributed by atoms with Gasteiger partial charge in [0.05, 0.1) is 5.56 Å². The largest absolute Gasteiger partial charge is 0.478 e. The maximum absolute atomic E-state index is 11.4. The van der Waals surface area contributed by atoms with Gasteiger partial charge in [-0.2, -0.15) is 0 Å². The molecular formula is C16H20BrNO4. The normalized spacial score (nSPS) is 11.5. The van der Waals surface area contributed by atoms with E-state index in [1.54, 1.807) is 32.9 Å². The van der Waals surface area contributed by atoms with Crippen LogP contribution in [0.5, 0.6) is 0 Å². The molecule has 2 N–H and O–H groups in total. The Morgan fingerprint density at radius 1 is 1.36 bits per heavy atom. The second-order valence-corrected chi connectivity index (χ2v) is 6.52. The van der Waals surface area contributed by atoms with E-state index in [0.717, 1.165) is 5.56 Å². The Kier molecular flexibility index (Phi) is 6.61. The van der Waals surface area contributed by atoms with Crippen molar-refractivity contribution in [1.29, 1.82) is 0 Å². The molecule has 1 aromatic carbocycles. The van der Waals surface area contributed by atoms with E-state index in [0.29, 0.717) is 17.4 Å². The summed E-state index contributed by atoms with van der Waals surface area (Å²) in [5, 5.41) is 11.7. The molecule has 22 heavy (non-hydrogen) atoms. The third-order valence-electron chi connectivity index (χ3n) is 2.51. The van der Waals surface area contributed by atoms with Crippen LogP contribution in [0.15, 0.2) is 28.7 Å². The van der Waals surface area contributed by atoms with Gasteiger partial charge < -0.3 is 15.2 Å². The average molecular weight is 370 g/mol. The molecule has 0 unspecified atom stereocenters. The van der Waals surface area contributed by atoms with Gasteiger partial charge in [0, 0.05) is 11.0 Å². The summed E-state index contributed by atoms with van der Waals surface area (Å²) in [5.41, 5.74) is 0.497. The van der Waals surface area contributed by atoms with E-state index in [4.69, 9.17) is 9.84 Å². The zero-order valence-electron chi connectivity index (χ0n) is 12.9. The van der Waals surface area contributed by atoms with Crippen LogP contribution in [0.25, 0.3) is 6.08 Å². The number of carboxylic acid groups (broad SMARTS) is 1. The molecule has 0 aromatic heterocycles. The molecule has 1 amide bonds. The van der Waals surface area contributed by atoms with E-state index in [9.17, 15) is 9.59 Å². The first-order valence-electron chi connectivity index (χ1n) is 6.85. The maximum Gasteiger partial charge on any atom is 0.407 e. The van der Waals surface area contributed by atoms with E-state index in [1.807, 2.05) is 18.2 Å². The molecule has 0 heterocycles. The van der Waals surface area contributed by atoms with Gasteiger partial charge in [-0.3, -0.25) is 0 Å². The second-order valence-electron chi connectivity index (χ2n) is 5.66. The van der Waals surface area contributed by atoms with Gasteiger partial charge in [-0.1, -0.05) is 18.2 Å². The number of carbonyl (C=O) groups excluding carboxylic acids is 1. The minimum Gasteiger partial charge on any atom is -0.478 e. The molecule has 1 rings (SSSR count). The van der Waals surface area contributed by atoms with Crippen LogP contribution in [-0.4, -0.2) is 29.3 Å². The van der Waals surface area contributed by atoms with Crippen molar-refractivity contribution in [1.82, 2.24) is 5.32 Å². The van der Waals surface area contributed by atoms with Crippen LogP contribution < -0.4 is 5.32 Å². The number of ether oxygens (including phenoxy) is 1. The fourth-order valence-corrected chi connectivity index (χ4v) is 2.02. The average Bonchev–Trinajstić information content (AvgIpc) is 2.37. The Bertz CT molecular complexity index is 576. The third-order valence-corrected chi connectivity index (χ3v) is 3.20. The molecule has 0 aliphatic rings. The minimum absolute atomic E-state index is 0.217. The molecule has 0 bridgehead atoms. The number of rotatable bonds is 5. The van der Waals surface area contributed by atoms with Gasteiger partial charge in [0.25, 0.3) is 0 Å². The van der Waals surface area contributed by atoms with Crippen molar-refractivity contribution in [2.75, 3.05) is 6.54 Å². The smallest absolute Gasteiger partial charge is 0.407 e. The number of carbonyl (C=O) groups is 2. The van der Waals surface area contributed by atoms with Gasteiger partial charge in [0.2, 0.25) is 0 Å². The fourth-order valence-electron chi connectivity index (χ4n) is 1.60. The molecule has 0 saturated carbocycles. The minimum atomic E-state index is -0.978. The molecule has 0 saturated heterocycles. The standard InChI is InChI=1S/C16H20BrNO4/c1-16(2,3)22-15(21)18-9-5-4-6-11-7-8-13(17)12(10-11)14(19)20/h4,6-8,10H,5,9H2,1-3H3,(H,18,21)(H,19,20). The number of benzene rings is 1. The number of nitrogens with one attached hydrogen (secondary N) is 1. The van der Waals surface area contributed by atoms with Crippen molar-refractivity contribution < 1.29 is 19.4 Å². The number of alkyl carbamates (subject to hydrolysis) is 1. The summed E-state index contributed by atoms with van der Waals surface area (Å²) in [6.07, 6.45) is 3.86. The molecule has 1 aromatic rings. The summed E-state index contributed by atoms with van der Waals surface area (Å²) in [7, 11) is 0.